The van der Waals surface area contributed by atoms with Crippen molar-refractivity contribution in [2.75, 3.05) is 0 Å². The molecule has 1 fully saturated rings. The van der Waals surface area contributed by atoms with E-state index in [1.807, 2.05) is 27.7 Å². The van der Waals surface area contributed by atoms with Gasteiger partial charge in [0, 0.05) is 0 Å². The molecule has 0 aromatic heterocycles. The van der Waals surface area contributed by atoms with Gasteiger partial charge in [-0.05, 0) is 5.92 Å². The minimum absolute atomic E-state index is 1.06. The van der Waals surface area contributed by atoms with E-state index < -0.39 is 0 Å². The van der Waals surface area contributed by atoms with Crippen LogP contribution in [0.3, 0.4) is 0 Å². The summed E-state index contributed by atoms with van der Waals surface area (Å²) in [5.41, 5.74) is 0. The lowest BCUT2D eigenvalue weighted by atomic mass is 9.88. The van der Waals surface area contributed by atoms with E-state index in [0.717, 1.165) is 5.92 Å². The zero-order valence-electron chi connectivity index (χ0n) is 7.70. The normalized spacial score (nSPS) is 15.7. The summed E-state index contributed by atoms with van der Waals surface area (Å²) in [5.74, 6) is 1.06. The molecule has 0 spiro atoms. The van der Waals surface area contributed by atoms with Crippen molar-refractivity contribution in [1.29, 1.82) is 0 Å². The van der Waals surface area contributed by atoms with E-state index in [2.05, 4.69) is 6.92 Å². The molecule has 1 aliphatic rings. The first kappa shape index (κ1) is 11.8. The molecule has 0 saturated heterocycles. The lowest BCUT2D eigenvalue weighted by molar-refractivity contribution is 0.346. The van der Waals surface area contributed by atoms with E-state index in [1.54, 1.807) is 0 Å². The molecular weight excluding hydrogens is 108 g/mol. The van der Waals surface area contributed by atoms with Crippen LogP contribution in [0, 0.1) is 5.92 Å². The van der Waals surface area contributed by atoms with Crippen molar-refractivity contribution in [2.24, 2.45) is 5.92 Å². The quantitative estimate of drug-likeness (QED) is 0.467. The average Bonchev–Trinajstić information content (AvgIpc) is 1.93. The van der Waals surface area contributed by atoms with Gasteiger partial charge in [0.05, 0.1) is 0 Å². The summed E-state index contributed by atoms with van der Waals surface area (Å²) in [6, 6.07) is 0. The minimum atomic E-state index is 1.06. The highest BCUT2D eigenvalue weighted by atomic mass is 14.1. The van der Waals surface area contributed by atoms with E-state index in [1.165, 1.54) is 19.3 Å². The SMILES string of the molecule is CC.CC.CC1CCC1. The first-order valence-electron chi connectivity index (χ1n) is 4.39. The standard InChI is InChI=1S/C5H10.2C2H6/c1-5-3-2-4-5;2*1-2/h5H,2-4H2,1H3;2*1-2H3. The zero-order chi connectivity index (χ0) is 7.70. The van der Waals surface area contributed by atoms with Gasteiger partial charge in [0.1, 0.15) is 0 Å². The first-order valence-corrected chi connectivity index (χ1v) is 4.39. The third kappa shape index (κ3) is 8.00. The Morgan fingerprint density at radius 1 is 0.889 bits per heavy atom. The first-order chi connectivity index (χ1) is 4.39. The highest BCUT2D eigenvalue weighted by Gasteiger charge is 2.09. The third-order valence-electron chi connectivity index (χ3n) is 1.39. The molecule has 1 aliphatic carbocycles. The van der Waals surface area contributed by atoms with Gasteiger partial charge in [-0.15, -0.1) is 0 Å². The number of hydrogen-bond donors (Lipinski definition) is 0. The van der Waals surface area contributed by atoms with Gasteiger partial charge in [-0.25, -0.2) is 0 Å². The fourth-order valence-corrected chi connectivity index (χ4v) is 0.612. The summed E-state index contributed by atoms with van der Waals surface area (Å²) in [7, 11) is 0. The third-order valence-corrected chi connectivity index (χ3v) is 1.39. The van der Waals surface area contributed by atoms with Crippen molar-refractivity contribution in [2.45, 2.75) is 53.9 Å². The monoisotopic (exact) mass is 130 g/mol. The second-order valence-electron chi connectivity index (χ2n) is 2.04. The van der Waals surface area contributed by atoms with Crippen LogP contribution < -0.4 is 0 Å². The van der Waals surface area contributed by atoms with Crippen molar-refractivity contribution in [3.63, 3.8) is 0 Å². The van der Waals surface area contributed by atoms with Crippen LogP contribution in [0.1, 0.15) is 53.9 Å². The van der Waals surface area contributed by atoms with Crippen LogP contribution in [0.25, 0.3) is 0 Å². The van der Waals surface area contributed by atoms with Crippen molar-refractivity contribution < 1.29 is 0 Å². The van der Waals surface area contributed by atoms with Crippen molar-refractivity contribution in [3.8, 4) is 0 Å². The molecule has 1 rings (SSSR count). The molecule has 0 radical (unpaired) electrons. The molecule has 58 valence electrons. The Bertz CT molecular complexity index is 27.0. The maximum Gasteiger partial charge on any atom is -0.0443 e. The topological polar surface area (TPSA) is 0 Å². The van der Waals surface area contributed by atoms with E-state index >= 15 is 0 Å². The van der Waals surface area contributed by atoms with Crippen LogP contribution in [-0.2, 0) is 0 Å². The minimum Gasteiger partial charge on any atom is -0.0683 e. The van der Waals surface area contributed by atoms with Crippen molar-refractivity contribution >= 4 is 0 Å². The van der Waals surface area contributed by atoms with Crippen LogP contribution in [0.5, 0.6) is 0 Å². The predicted octanol–water partition coefficient (Wildman–Crippen LogP) is 3.86. The Hall–Kier alpha value is 0. The second kappa shape index (κ2) is 10.9. The maximum absolute atomic E-state index is 2.31. The number of rotatable bonds is 0. The van der Waals surface area contributed by atoms with Crippen molar-refractivity contribution in [3.05, 3.63) is 0 Å². The van der Waals surface area contributed by atoms with Crippen LogP contribution in [0.15, 0.2) is 0 Å². The van der Waals surface area contributed by atoms with Crippen LogP contribution in [0.2, 0.25) is 0 Å². The van der Waals surface area contributed by atoms with Crippen LogP contribution in [0.4, 0.5) is 0 Å². The Kier molecular flexibility index (Phi) is 14.2. The fraction of sp³-hybridized carbons (Fsp3) is 1.00. The van der Waals surface area contributed by atoms with Gasteiger partial charge in [0.15, 0.2) is 0 Å². The zero-order valence-corrected chi connectivity index (χ0v) is 7.70. The van der Waals surface area contributed by atoms with Crippen LogP contribution in [-0.4, -0.2) is 0 Å². The summed E-state index contributed by atoms with van der Waals surface area (Å²) >= 11 is 0. The highest BCUT2D eigenvalue weighted by molar-refractivity contribution is 4.62. The van der Waals surface area contributed by atoms with Crippen molar-refractivity contribution in [1.82, 2.24) is 0 Å². The van der Waals surface area contributed by atoms with E-state index in [0.29, 0.717) is 0 Å². The lowest BCUT2D eigenvalue weighted by Crippen LogP contribution is -2.04. The summed E-state index contributed by atoms with van der Waals surface area (Å²) in [6.45, 7) is 10.3. The van der Waals surface area contributed by atoms with Gasteiger partial charge >= 0.3 is 0 Å². The summed E-state index contributed by atoms with van der Waals surface area (Å²) in [6.07, 6.45) is 4.46. The molecule has 9 heavy (non-hydrogen) atoms. The molecule has 0 atom stereocenters. The average molecular weight is 130 g/mol. The maximum atomic E-state index is 2.31. The van der Waals surface area contributed by atoms with Gasteiger partial charge in [-0.2, -0.15) is 0 Å². The smallest absolute Gasteiger partial charge is 0.0443 e. The predicted molar refractivity (Wildman–Crippen MR) is 45.7 cm³/mol. The van der Waals surface area contributed by atoms with Gasteiger partial charge in [-0.3, -0.25) is 0 Å². The second-order valence-corrected chi connectivity index (χ2v) is 2.04. The molecule has 0 aliphatic heterocycles. The van der Waals surface area contributed by atoms with Gasteiger partial charge in [-0.1, -0.05) is 53.9 Å². The van der Waals surface area contributed by atoms with Gasteiger partial charge in [0.2, 0.25) is 0 Å². The summed E-state index contributed by atoms with van der Waals surface area (Å²) in [4.78, 5) is 0. The Morgan fingerprint density at radius 3 is 1.11 bits per heavy atom. The Morgan fingerprint density at radius 2 is 1.11 bits per heavy atom. The van der Waals surface area contributed by atoms with Crippen LogP contribution >= 0.6 is 0 Å². The highest BCUT2D eigenvalue weighted by Crippen LogP contribution is 2.24. The molecule has 0 N–H and O–H groups in total. The molecule has 0 heteroatoms. The van der Waals surface area contributed by atoms with Gasteiger partial charge < -0.3 is 0 Å². The molecule has 0 aromatic rings. The van der Waals surface area contributed by atoms with E-state index in [9.17, 15) is 0 Å². The van der Waals surface area contributed by atoms with E-state index in [-0.39, 0.29) is 0 Å². The Balaban J connectivity index is 0. The molecule has 0 aromatic carbocycles. The summed E-state index contributed by atoms with van der Waals surface area (Å²) < 4.78 is 0. The molecule has 0 nitrogen and oxygen atoms in total. The molecule has 0 bridgehead atoms. The van der Waals surface area contributed by atoms with E-state index in [4.69, 9.17) is 0 Å². The Labute approximate surface area is 60.7 Å². The molecule has 0 heterocycles. The molecular formula is C9H22. The molecule has 0 unspecified atom stereocenters. The fourth-order valence-electron chi connectivity index (χ4n) is 0.612. The molecule has 1 saturated carbocycles. The number of hydrogen-bond acceptors (Lipinski definition) is 0. The largest absolute Gasteiger partial charge is 0.0683 e. The summed E-state index contributed by atoms with van der Waals surface area (Å²) in [5, 5.41) is 0. The lowest BCUT2D eigenvalue weighted by Gasteiger charge is -2.18. The van der Waals surface area contributed by atoms with Gasteiger partial charge in [0.25, 0.3) is 0 Å². The molecule has 0 amide bonds.